The first-order valence-electron chi connectivity index (χ1n) is 13.9. The summed E-state index contributed by atoms with van der Waals surface area (Å²) >= 11 is 0. The summed E-state index contributed by atoms with van der Waals surface area (Å²) < 4.78 is 33.2. The van der Waals surface area contributed by atoms with Crippen molar-refractivity contribution in [3.05, 3.63) is 100 Å². The number of ether oxygens (including phenoxy) is 1. The fourth-order valence-electron chi connectivity index (χ4n) is 4.61. The van der Waals surface area contributed by atoms with Crippen LogP contribution in [-0.4, -0.2) is 72.1 Å². The predicted molar refractivity (Wildman–Crippen MR) is 160 cm³/mol. The van der Waals surface area contributed by atoms with Gasteiger partial charge in [-0.3, -0.25) is 9.59 Å². The van der Waals surface area contributed by atoms with Crippen LogP contribution in [0.1, 0.15) is 57.7 Å². The highest BCUT2D eigenvalue weighted by Crippen LogP contribution is 2.17. The molecule has 3 aromatic rings. The molecular formula is C32H38F2N4O5. The first-order valence-corrected chi connectivity index (χ1v) is 13.9. The van der Waals surface area contributed by atoms with E-state index in [1.54, 1.807) is 14.2 Å². The van der Waals surface area contributed by atoms with Gasteiger partial charge in [0.1, 0.15) is 17.4 Å². The van der Waals surface area contributed by atoms with Crippen molar-refractivity contribution in [2.24, 2.45) is 5.16 Å². The van der Waals surface area contributed by atoms with Gasteiger partial charge in [-0.15, -0.1) is 0 Å². The van der Waals surface area contributed by atoms with E-state index in [1.807, 2.05) is 31.2 Å². The van der Waals surface area contributed by atoms with E-state index < -0.39 is 29.7 Å². The van der Waals surface area contributed by atoms with Gasteiger partial charge in [-0.25, -0.2) is 8.78 Å². The van der Waals surface area contributed by atoms with Crippen LogP contribution in [0.2, 0.25) is 0 Å². The maximum absolute atomic E-state index is 14.0. The number of benzene rings is 3. The molecule has 0 aliphatic carbocycles. The van der Waals surface area contributed by atoms with Gasteiger partial charge in [0, 0.05) is 49.4 Å². The summed E-state index contributed by atoms with van der Waals surface area (Å²) in [6, 6.07) is 13.9. The molecule has 0 aliphatic rings. The van der Waals surface area contributed by atoms with Crippen molar-refractivity contribution in [1.82, 2.24) is 15.5 Å². The quantitative estimate of drug-likeness (QED) is 0.126. The van der Waals surface area contributed by atoms with Crippen LogP contribution in [0.3, 0.4) is 0 Å². The average molecular weight is 597 g/mol. The normalized spacial score (nSPS) is 12.9. The van der Waals surface area contributed by atoms with Crippen molar-refractivity contribution in [3.8, 4) is 5.75 Å². The van der Waals surface area contributed by atoms with Crippen LogP contribution in [0, 0.1) is 11.6 Å². The van der Waals surface area contributed by atoms with Crippen LogP contribution in [0.4, 0.5) is 8.78 Å². The number of aliphatic hydroxyl groups excluding tert-OH is 1. The number of amides is 2. The molecule has 0 unspecified atom stereocenters. The SMILES string of the molecule is CCCN(C)C(=O)c1cc(C(=O)N[C@@H](Cc2cc(F)cc(F)c2)[C@H](O)CNCc2cccc(OC)c2)cc(/C(C)=N/O)c1. The lowest BCUT2D eigenvalue weighted by atomic mass is 9.98. The van der Waals surface area contributed by atoms with Gasteiger partial charge < -0.3 is 30.6 Å². The standard InChI is InChI=1S/C32H38F2N4O5/c1-5-9-38(3)32(41)25-15-23(20(2)37-42)14-24(16-25)31(40)36-29(13-22-10-26(33)17-27(34)11-22)30(39)19-35-18-21-7-6-8-28(12-21)43-4/h6-8,10-12,14-17,29-30,35,39,42H,5,9,13,18-19H2,1-4H3,(H,36,40)/b37-20+/t29-,30+/m0/s1. The minimum absolute atomic E-state index is 0.0435. The molecular weight excluding hydrogens is 558 g/mol. The van der Waals surface area contributed by atoms with E-state index in [1.165, 1.54) is 30.0 Å². The minimum Gasteiger partial charge on any atom is -0.497 e. The molecule has 0 aliphatic heterocycles. The third-order valence-electron chi connectivity index (χ3n) is 6.89. The summed E-state index contributed by atoms with van der Waals surface area (Å²) in [5, 5.41) is 29.6. The molecule has 43 heavy (non-hydrogen) atoms. The topological polar surface area (TPSA) is 123 Å². The lowest BCUT2D eigenvalue weighted by molar-refractivity contribution is 0.0795. The summed E-state index contributed by atoms with van der Waals surface area (Å²) in [4.78, 5) is 28.1. The molecule has 0 radical (unpaired) electrons. The van der Waals surface area contributed by atoms with Crippen LogP contribution < -0.4 is 15.4 Å². The fourth-order valence-corrected chi connectivity index (χ4v) is 4.61. The molecule has 9 nitrogen and oxygen atoms in total. The largest absolute Gasteiger partial charge is 0.497 e. The van der Waals surface area contributed by atoms with E-state index >= 15 is 0 Å². The van der Waals surface area contributed by atoms with Crippen LogP contribution in [0.5, 0.6) is 5.75 Å². The fraction of sp³-hybridized carbons (Fsp3) is 0.344. The van der Waals surface area contributed by atoms with Gasteiger partial charge in [-0.1, -0.05) is 24.2 Å². The van der Waals surface area contributed by atoms with Gasteiger partial charge in [0.15, 0.2) is 0 Å². The lowest BCUT2D eigenvalue weighted by Crippen LogP contribution is -2.48. The second-order valence-corrected chi connectivity index (χ2v) is 10.3. The number of hydrogen-bond donors (Lipinski definition) is 4. The smallest absolute Gasteiger partial charge is 0.253 e. The number of methoxy groups -OCH3 is 1. The Labute approximate surface area is 250 Å². The number of nitrogens with zero attached hydrogens (tertiary/aromatic N) is 2. The van der Waals surface area contributed by atoms with E-state index in [0.717, 1.165) is 30.2 Å². The second-order valence-electron chi connectivity index (χ2n) is 10.3. The Bertz CT molecular complexity index is 1430. The molecule has 0 heterocycles. The van der Waals surface area contributed by atoms with Crippen molar-refractivity contribution in [1.29, 1.82) is 0 Å². The summed E-state index contributed by atoms with van der Waals surface area (Å²) in [5.74, 6) is -1.83. The molecule has 0 spiro atoms. The van der Waals surface area contributed by atoms with Gasteiger partial charge in [-0.05, 0) is 73.4 Å². The number of hydrogen-bond acceptors (Lipinski definition) is 7. The Morgan fingerprint density at radius 3 is 2.33 bits per heavy atom. The minimum atomic E-state index is -1.17. The Hall–Kier alpha value is -4.35. The molecule has 4 N–H and O–H groups in total. The number of rotatable bonds is 14. The van der Waals surface area contributed by atoms with Crippen molar-refractivity contribution >= 4 is 17.5 Å². The number of aliphatic hydroxyl groups is 1. The first kappa shape index (κ1) is 33.2. The monoisotopic (exact) mass is 596 g/mol. The molecule has 3 rings (SSSR count). The maximum Gasteiger partial charge on any atom is 0.253 e. The Morgan fingerprint density at radius 1 is 1.00 bits per heavy atom. The van der Waals surface area contributed by atoms with Gasteiger partial charge >= 0.3 is 0 Å². The molecule has 11 heteroatoms. The van der Waals surface area contributed by atoms with E-state index in [4.69, 9.17) is 4.74 Å². The Morgan fingerprint density at radius 2 is 1.67 bits per heavy atom. The van der Waals surface area contributed by atoms with Crippen LogP contribution >= 0.6 is 0 Å². The van der Waals surface area contributed by atoms with Crippen molar-refractivity contribution < 1.29 is 33.4 Å². The number of carbonyl (C=O) groups is 2. The number of nitrogens with one attached hydrogen (secondary N) is 2. The summed E-state index contributed by atoms with van der Waals surface area (Å²) in [6.45, 7) is 4.39. The van der Waals surface area contributed by atoms with E-state index in [-0.39, 0.29) is 41.3 Å². The van der Waals surface area contributed by atoms with Crippen molar-refractivity contribution in [3.63, 3.8) is 0 Å². The van der Waals surface area contributed by atoms with Crippen LogP contribution in [0.15, 0.2) is 65.8 Å². The molecule has 0 bridgehead atoms. The zero-order valence-electron chi connectivity index (χ0n) is 24.7. The van der Waals surface area contributed by atoms with Crippen molar-refractivity contribution in [2.75, 3.05) is 27.2 Å². The first-order chi connectivity index (χ1) is 20.5. The zero-order valence-corrected chi connectivity index (χ0v) is 24.7. The third kappa shape index (κ3) is 9.59. The maximum atomic E-state index is 14.0. The number of carbonyl (C=O) groups excluding carboxylic acids is 2. The molecule has 0 saturated carbocycles. The van der Waals surface area contributed by atoms with Gasteiger partial charge in [0.2, 0.25) is 0 Å². The highest BCUT2D eigenvalue weighted by atomic mass is 19.1. The summed E-state index contributed by atoms with van der Waals surface area (Å²) in [5.41, 5.74) is 1.99. The van der Waals surface area contributed by atoms with Crippen LogP contribution in [0.25, 0.3) is 0 Å². The molecule has 2 atom stereocenters. The number of halogens is 2. The van der Waals surface area contributed by atoms with Gasteiger partial charge in [0.25, 0.3) is 11.8 Å². The van der Waals surface area contributed by atoms with E-state index in [0.29, 0.717) is 24.4 Å². The Balaban J connectivity index is 1.87. The van der Waals surface area contributed by atoms with Crippen molar-refractivity contribution in [2.45, 2.75) is 45.4 Å². The molecule has 0 saturated heterocycles. The second kappa shape index (κ2) is 15.8. The average Bonchev–Trinajstić information content (AvgIpc) is 2.99. The highest BCUT2D eigenvalue weighted by molar-refractivity contribution is 6.06. The van der Waals surface area contributed by atoms with E-state index in [2.05, 4.69) is 15.8 Å². The summed E-state index contributed by atoms with van der Waals surface area (Å²) in [7, 11) is 3.21. The van der Waals surface area contributed by atoms with Gasteiger partial charge in [-0.2, -0.15) is 0 Å². The lowest BCUT2D eigenvalue weighted by Gasteiger charge is -2.25. The Kier molecular flexibility index (Phi) is 12.2. The van der Waals surface area contributed by atoms with Crippen LogP contribution in [-0.2, 0) is 13.0 Å². The molecule has 2 amide bonds. The molecule has 0 fully saturated rings. The van der Waals surface area contributed by atoms with Gasteiger partial charge in [0.05, 0.1) is 25.0 Å². The third-order valence-corrected chi connectivity index (χ3v) is 6.89. The number of oxime groups is 1. The molecule has 0 aromatic heterocycles. The predicted octanol–water partition coefficient (Wildman–Crippen LogP) is 4.15. The van der Waals surface area contributed by atoms with E-state index in [9.17, 15) is 28.7 Å². The molecule has 230 valence electrons. The molecule has 3 aromatic carbocycles. The summed E-state index contributed by atoms with van der Waals surface area (Å²) in [6.07, 6.45) is -0.510. The zero-order chi connectivity index (χ0) is 31.5. The highest BCUT2D eigenvalue weighted by Gasteiger charge is 2.24.